The van der Waals surface area contributed by atoms with Crippen LogP contribution in [0.1, 0.15) is 35.1 Å². The van der Waals surface area contributed by atoms with Gasteiger partial charge in [0.05, 0.1) is 6.10 Å². The van der Waals surface area contributed by atoms with E-state index in [1.54, 1.807) is 12.1 Å². The van der Waals surface area contributed by atoms with Crippen LogP contribution in [-0.4, -0.2) is 38.7 Å². The first-order chi connectivity index (χ1) is 15.5. The quantitative estimate of drug-likeness (QED) is 0.566. The van der Waals surface area contributed by atoms with Gasteiger partial charge in [-0.2, -0.15) is 0 Å². The Labute approximate surface area is 188 Å². The minimum atomic E-state index is -0.570. The Morgan fingerprint density at radius 1 is 0.938 bits per heavy atom. The summed E-state index contributed by atoms with van der Waals surface area (Å²) in [5.41, 5.74) is 4.79. The van der Waals surface area contributed by atoms with Gasteiger partial charge in [-0.05, 0) is 85.3 Å². The number of pyridine rings is 2. The molecule has 5 nitrogen and oxygen atoms in total. The average Bonchev–Trinajstić information content (AvgIpc) is 3.12. The van der Waals surface area contributed by atoms with Crippen molar-refractivity contribution in [3.63, 3.8) is 0 Å². The molecule has 1 aromatic carbocycles. The fourth-order valence-electron chi connectivity index (χ4n) is 4.40. The molecule has 0 aliphatic heterocycles. The topological polar surface area (TPSA) is 58.5 Å². The van der Waals surface area contributed by atoms with Crippen LogP contribution in [0.3, 0.4) is 0 Å². The van der Waals surface area contributed by atoms with E-state index in [2.05, 4.69) is 40.8 Å². The third-order valence-corrected chi connectivity index (χ3v) is 6.34. The molecule has 168 valence electrons. The Bertz CT molecular complexity index is 980. The van der Waals surface area contributed by atoms with Crippen LogP contribution in [0, 0.1) is 25.6 Å². The summed E-state index contributed by atoms with van der Waals surface area (Å²) >= 11 is 0. The lowest BCUT2D eigenvalue weighted by atomic mass is 10.0. The number of benzene rings is 1. The molecule has 3 atom stereocenters. The summed E-state index contributed by atoms with van der Waals surface area (Å²) in [4.78, 5) is 10.8. The fraction of sp³-hybridized carbons (Fsp3) is 0.385. The van der Waals surface area contributed by atoms with Crippen molar-refractivity contribution in [2.24, 2.45) is 5.92 Å². The Balaban J connectivity index is 1.46. The molecule has 6 heteroatoms. The van der Waals surface area contributed by atoms with Crippen molar-refractivity contribution >= 4 is 0 Å². The molecule has 3 aromatic rings. The number of aromatic nitrogens is 2. The molecule has 0 amide bonds. The molecule has 0 unspecified atom stereocenters. The van der Waals surface area contributed by atoms with Crippen LogP contribution < -0.4 is 4.74 Å². The molecule has 2 heterocycles. The SMILES string of the molecule is Cc1cnccc1CN(Cc1ccncc1C)C[C@H]1CC[C@@H](Oc2ccc(F)cc2)[C@@H]1O. The number of aliphatic hydroxyl groups is 1. The highest BCUT2D eigenvalue weighted by molar-refractivity contribution is 5.24. The molecule has 2 aromatic heterocycles. The van der Waals surface area contributed by atoms with Crippen LogP contribution in [0.2, 0.25) is 0 Å². The van der Waals surface area contributed by atoms with Gasteiger partial charge >= 0.3 is 0 Å². The smallest absolute Gasteiger partial charge is 0.125 e. The first-order valence-electron chi connectivity index (χ1n) is 11.1. The first-order valence-corrected chi connectivity index (χ1v) is 11.1. The molecular weight excluding hydrogens is 405 g/mol. The third kappa shape index (κ3) is 5.50. The molecule has 4 rings (SSSR count). The molecule has 1 aliphatic carbocycles. The average molecular weight is 436 g/mol. The van der Waals surface area contributed by atoms with Crippen LogP contribution in [0.25, 0.3) is 0 Å². The van der Waals surface area contributed by atoms with E-state index < -0.39 is 6.10 Å². The lowest BCUT2D eigenvalue weighted by molar-refractivity contribution is 0.0229. The maximum atomic E-state index is 13.2. The van der Waals surface area contributed by atoms with E-state index in [1.807, 2.05) is 24.8 Å². The summed E-state index contributed by atoms with van der Waals surface area (Å²) in [5.74, 6) is 0.396. The van der Waals surface area contributed by atoms with Gasteiger partial charge in [-0.25, -0.2) is 4.39 Å². The summed E-state index contributed by atoms with van der Waals surface area (Å²) in [6.45, 7) is 6.48. The van der Waals surface area contributed by atoms with Gasteiger partial charge in [0.25, 0.3) is 0 Å². The van der Waals surface area contributed by atoms with E-state index in [0.717, 1.165) is 43.6 Å². The number of aryl methyl sites for hydroxylation is 2. The van der Waals surface area contributed by atoms with E-state index in [9.17, 15) is 9.50 Å². The highest BCUT2D eigenvalue weighted by atomic mass is 19.1. The van der Waals surface area contributed by atoms with Crippen molar-refractivity contribution in [3.05, 3.63) is 89.3 Å². The molecule has 1 fully saturated rings. The Morgan fingerprint density at radius 2 is 1.53 bits per heavy atom. The minimum absolute atomic E-state index is 0.102. The number of hydrogen-bond donors (Lipinski definition) is 1. The number of hydrogen-bond acceptors (Lipinski definition) is 5. The van der Waals surface area contributed by atoms with Gasteiger partial charge in [0.1, 0.15) is 17.7 Å². The van der Waals surface area contributed by atoms with Gasteiger partial charge in [0.15, 0.2) is 0 Å². The normalized spacial score (nSPS) is 20.6. The van der Waals surface area contributed by atoms with Gasteiger partial charge in [-0.15, -0.1) is 0 Å². The Morgan fingerprint density at radius 3 is 2.09 bits per heavy atom. The summed E-state index contributed by atoms with van der Waals surface area (Å²) in [6.07, 6.45) is 8.25. The highest BCUT2D eigenvalue weighted by Crippen LogP contribution is 2.31. The lowest BCUT2D eigenvalue weighted by Crippen LogP contribution is -2.37. The second-order valence-corrected chi connectivity index (χ2v) is 8.71. The second-order valence-electron chi connectivity index (χ2n) is 8.71. The molecule has 32 heavy (non-hydrogen) atoms. The zero-order chi connectivity index (χ0) is 22.5. The van der Waals surface area contributed by atoms with E-state index >= 15 is 0 Å². The predicted molar refractivity (Wildman–Crippen MR) is 122 cm³/mol. The van der Waals surface area contributed by atoms with Gasteiger partial charge < -0.3 is 9.84 Å². The van der Waals surface area contributed by atoms with E-state index in [4.69, 9.17) is 4.74 Å². The Kier molecular flexibility index (Phi) is 7.12. The van der Waals surface area contributed by atoms with Crippen LogP contribution in [0.5, 0.6) is 5.75 Å². The van der Waals surface area contributed by atoms with E-state index in [1.165, 1.54) is 23.3 Å². The minimum Gasteiger partial charge on any atom is -0.488 e. The molecule has 1 N–H and O–H groups in total. The fourth-order valence-corrected chi connectivity index (χ4v) is 4.40. The zero-order valence-corrected chi connectivity index (χ0v) is 18.6. The van der Waals surface area contributed by atoms with Gasteiger partial charge in [0.2, 0.25) is 0 Å². The van der Waals surface area contributed by atoms with Crippen molar-refractivity contribution in [2.45, 2.75) is 52.0 Å². The first kappa shape index (κ1) is 22.4. The Hall–Kier alpha value is -2.83. The number of ether oxygens (including phenoxy) is 1. The summed E-state index contributed by atoms with van der Waals surface area (Å²) in [5, 5.41) is 11.0. The summed E-state index contributed by atoms with van der Waals surface area (Å²) < 4.78 is 19.2. The van der Waals surface area contributed by atoms with Crippen LogP contribution in [0.15, 0.2) is 61.2 Å². The maximum Gasteiger partial charge on any atom is 0.125 e. The number of nitrogens with zero attached hydrogens (tertiary/aromatic N) is 3. The van der Waals surface area contributed by atoms with Crippen LogP contribution >= 0.6 is 0 Å². The van der Waals surface area contributed by atoms with Gasteiger partial charge in [0, 0.05) is 50.3 Å². The number of aliphatic hydroxyl groups excluding tert-OH is 1. The summed E-state index contributed by atoms with van der Waals surface area (Å²) in [7, 11) is 0. The number of rotatable bonds is 8. The monoisotopic (exact) mass is 435 g/mol. The molecule has 1 aliphatic rings. The largest absolute Gasteiger partial charge is 0.488 e. The standard InChI is InChI=1S/C26H30FN3O2/c1-18-13-28-11-9-20(18)15-30(16-21-10-12-29-14-19(21)2)17-22-3-8-25(26(22)31)32-24-6-4-23(27)5-7-24/h4-7,9-14,22,25-26,31H,3,8,15-17H2,1-2H3/t22-,25-,26-/m1/s1. The van der Waals surface area contributed by atoms with E-state index in [-0.39, 0.29) is 17.8 Å². The number of halogens is 1. The highest BCUT2D eigenvalue weighted by Gasteiger charge is 2.37. The zero-order valence-electron chi connectivity index (χ0n) is 18.6. The van der Waals surface area contributed by atoms with Crippen LogP contribution in [-0.2, 0) is 13.1 Å². The van der Waals surface area contributed by atoms with Crippen molar-refractivity contribution in [3.8, 4) is 5.75 Å². The molecule has 0 spiro atoms. The van der Waals surface area contributed by atoms with Crippen molar-refractivity contribution < 1.29 is 14.2 Å². The van der Waals surface area contributed by atoms with Gasteiger partial charge in [-0.3, -0.25) is 14.9 Å². The lowest BCUT2D eigenvalue weighted by Gasteiger charge is -2.29. The molecule has 1 saturated carbocycles. The second kappa shape index (κ2) is 10.2. The predicted octanol–water partition coefficient (Wildman–Crippen LogP) is 4.45. The molecule has 0 bridgehead atoms. The molecule has 0 saturated heterocycles. The third-order valence-electron chi connectivity index (χ3n) is 6.34. The van der Waals surface area contributed by atoms with Crippen molar-refractivity contribution in [1.29, 1.82) is 0 Å². The molecule has 0 radical (unpaired) electrons. The van der Waals surface area contributed by atoms with Gasteiger partial charge in [-0.1, -0.05) is 0 Å². The molecular formula is C26H30FN3O2. The van der Waals surface area contributed by atoms with Crippen molar-refractivity contribution in [1.82, 2.24) is 14.9 Å². The van der Waals surface area contributed by atoms with Crippen molar-refractivity contribution in [2.75, 3.05) is 6.54 Å². The van der Waals surface area contributed by atoms with Crippen LogP contribution in [0.4, 0.5) is 4.39 Å². The summed E-state index contributed by atoms with van der Waals surface area (Å²) in [6, 6.07) is 10.1. The maximum absolute atomic E-state index is 13.2. The van der Waals surface area contributed by atoms with E-state index in [0.29, 0.717) is 5.75 Å².